The van der Waals surface area contributed by atoms with Gasteiger partial charge in [0.05, 0.1) is 29.4 Å². The molecule has 184 valence electrons. The Hall–Kier alpha value is -5.05. The van der Waals surface area contributed by atoms with Gasteiger partial charge in [-0.2, -0.15) is 9.61 Å². The maximum atomic E-state index is 12.6. The van der Waals surface area contributed by atoms with Crippen molar-refractivity contribution in [3.8, 4) is 11.3 Å². The number of pyridine rings is 2. The lowest BCUT2D eigenvalue weighted by Gasteiger charge is -2.14. The zero-order valence-electron chi connectivity index (χ0n) is 20.3. The van der Waals surface area contributed by atoms with Crippen LogP contribution in [0, 0.1) is 0 Å². The third kappa shape index (κ3) is 3.85. The monoisotopic (exact) mass is 498 g/mol. The van der Waals surface area contributed by atoms with Gasteiger partial charge in [-0.25, -0.2) is 4.98 Å². The number of nitrogens with zero attached hydrogens (tertiary/aromatic N) is 7. The van der Waals surface area contributed by atoms with Gasteiger partial charge in [-0.15, -0.1) is 10.2 Å². The molecule has 9 nitrogen and oxygen atoms in total. The highest BCUT2D eigenvalue weighted by atomic mass is 16.1. The smallest absolute Gasteiger partial charge is 0.271 e. The summed E-state index contributed by atoms with van der Waals surface area (Å²) in [6, 6.07) is 23.3. The van der Waals surface area contributed by atoms with Gasteiger partial charge in [0, 0.05) is 28.9 Å². The number of carbonyl (C=O) groups is 1. The molecule has 1 fully saturated rings. The summed E-state index contributed by atoms with van der Waals surface area (Å²) >= 11 is 0. The lowest BCUT2D eigenvalue weighted by Crippen LogP contribution is -2.23. The summed E-state index contributed by atoms with van der Waals surface area (Å²) in [5.41, 5.74) is 4.80. The lowest BCUT2D eigenvalue weighted by molar-refractivity contribution is 0.0950. The van der Waals surface area contributed by atoms with E-state index in [2.05, 4.69) is 54.7 Å². The van der Waals surface area contributed by atoms with Crippen LogP contribution in [0.25, 0.3) is 27.9 Å². The van der Waals surface area contributed by atoms with E-state index in [1.54, 1.807) is 35.2 Å². The van der Waals surface area contributed by atoms with Crippen molar-refractivity contribution in [3.63, 3.8) is 0 Å². The predicted octanol–water partition coefficient (Wildman–Crippen LogP) is 4.14. The van der Waals surface area contributed by atoms with Crippen molar-refractivity contribution in [1.29, 1.82) is 0 Å². The van der Waals surface area contributed by atoms with E-state index < -0.39 is 0 Å². The molecule has 9 heteroatoms. The largest absolute Gasteiger partial charge is 0.346 e. The molecule has 0 spiro atoms. The molecule has 1 amide bonds. The molecule has 1 aliphatic rings. The Morgan fingerprint density at radius 2 is 1.76 bits per heavy atom. The Labute approximate surface area is 217 Å². The molecule has 7 rings (SSSR count). The van der Waals surface area contributed by atoms with Gasteiger partial charge >= 0.3 is 0 Å². The maximum absolute atomic E-state index is 12.6. The van der Waals surface area contributed by atoms with Crippen LogP contribution in [0.3, 0.4) is 0 Å². The van der Waals surface area contributed by atoms with E-state index in [1.807, 2.05) is 36.4 Å². The fourth-order valence-electron chi connectivity index (χ4n) is 4.83. The third-order valence-corrected chi connectivity index (χ3v) is 7.07. The van der Waals surface area contributed by atoms with E-state index in [0.29, 0.717) is 23.6 Å². The van der Waals surface area contributed by atoms with Gasteiger partial charge in [-0.05, 0) is 60.9 Å². The predicted molar refractivity (Wildman–Crippen MR) is 141 cm³/mol. The zero-order chi connectivity index (χ0) is 25.5. The Bertz CT molecular complexity index is 1790. The summed E-state index contributed by atoms with van der Waals surface area (Å²) in [5.74, 6) is 1.09. The number of hydrogen-bond donors (Lipinski definition) is 1. The van der Waals surface area contributed by atoms with Gasteiger partial charge in [0.1, 0.15) is 5.69 Å². The van der Waals surface area contributed by atoms with Crippen LogP contribution in [0.2, 0.25) is 0 Å². The van der Waals surface area contributed by atoms with Crippen LogP contribution in [-0.2, 0) is 12.0 Å². The molecule has 2 aromatic carbocycles. The summed E-state index contributed by atoms with van der Waals surface area (Å²) in [7, 11) is 0. The molecule has 0 bridgehead atoms. The number of rotatable bonds is 6. The quantitative estimate of drug-likeness (QED) is 0.367. The first-order valence-corrected chi connectivity index (χ1v) is 12.4. The Morgan fingerprint density at radius 1 is 0.895 bits per heavy atom. The number of aromatic nitrogens is 7. The highest BCUT2D eigenvalue weighted by Crippen LogP contribution is 2.53. The molecule has 38 heavy (non-hydrogen) atoms. The normalized spacial score (nSPS) is 14.0. The standard InChI is InChI=1S/C29H22N8O/c38-26(32-17-23-5-1-2-14-30-23)20-8-6-19(7-9-20)25-18-33-28-35-34-27(37(28)36-25)29(12-13-29)22-10-11-24-21(16-22)4-3-15-31-24/h1-11,14-16,18H,12-13,17H2,(H,32,38). The van der Waals surface area contributed by atoms with Gasteiger partial charge < -0.3 is 5.32 Å². The number of nitrogens with one attached hydrogen (secondary N) is 1. The van der Waals surface area contributed by atoms with Crippen LogP contribution in [0.5, 0.6) is 0 Å². The molecule has 1 saturated carbocycles. The maximum Gasteiger partial charge on any atom is 0.271 e. The molecule has 1 N–H and O–H groups in total. The summed E-state index contributed by atoms with van der Waals surface area (Å²) in [6.07, 6.45) is 7.13. The highest BCUT2D eigenvalue weighted by molar-refractivity contribution is 5.94. The Balaban J connectivity index is 1.16. The fraction of sp³-hybridized carbons (Fsp3) is 0.138. The Kier molecular flexibility index (Phi) is 5.14. The second-order valence-electron chi connectivity index (χ2n) is 9.45. The lowest BCUT2D eigenvalue weighted by atomic mass is 9.94. The van der Waals surface area contributed by atoms with Crippen molar-refractivity contribution in [3.05, 3.63) is 114 Å². The average Bonchev–Trinajstić information content (AvgIpc) is 3.68. The van der Waals surface area contributed by atoms with E-state index in [1.165, 1.54) is 5.56 Å². The minimum Gasteiger partial charge on any atom is -0.346 e. The van der Waals surface area contributed by atoms with Crippen LogP contribution >= 0.6 is 0 Å². The molecule has 0 unspecified atom stereocenters. The minimum absolute atomic E-state index is 0.161. The zero-order valence-corrected chi connectivity index (χ0v) is 20.3. The molecular formula is C29H22N8O. The van der Waals surface area contributed by atoms with Gasteiger partial charge in [-0.1, -0.05) is 30.3 Å². The van der Waals surface area contributed by atoms with Gasteiger partial charge in [-0.3, -0.25) is 14.8 Å². The molecule has 1 aliphatic carbocycles. The van der Waals surface area contributed by atoms with Crippen molar-refractivity contribution in [2.45, 2.75) is 24.8 Å². The molecule has 0 aliphatic heterocycles. The van der Waals surface area contributed by atoms with Crippen molar-refractivity contribution in [2.75, 3.05) is 0 Å². The van der Waals surface area contributed by atoms with E-state index >= 15 is 0 Å². The first kappa shape index (κ1) is 22.2. The van der Waals surface area contributed by atoms with E-state index in [0.717, 1.165) is 40.8 Å². The summed E-state index contributed by atoms with van der Waals surface area (Å²) in [4.78, 5) is 25.8. The number of carbonyl (C=O) groups excluding carboxylic acids is 1. The second kappa shape index (κ2) is 8.81. The molecular weight excluding hydrogens is 476 g/mol. The van der Waals surface area contributed by atoms with E-state index in [9.17, 15) is 4.79 Å². The van der Waals surface area contributed by atoms with Crippen LogP contribution < -0.4 is 5.32 Å². The van der Waals surface area contributed by atoms with Gasteiger partial charge in [0.25, 0.3) is 11.7 Å². The molecule has 0 radical (unpaired) electrons. The minimum atomic E-state index is -0.244. The molecule has 6 aromatic rings. The average molecular weight is 499 g/mol. The van der Waals surface area contributed by atoms with Crippen molar-refractivity contribution in [1.82, 2.24) is 40.1 Å². The van der Waals surface area contributed by atoms with Crippen molar-refractivity contribution >= 4 is 22.6 Å². The first-order valence-electron chi connectivity index (χ1n) is 12.4. The van der Waals surface area contributed by atoms with Crippen molar-refractivity contribution in [2.24, 2.45) is 0 Å². The highest BCUT2D eigenvalue weighted by Gasteiger charge is 2.50. The summed E-state index contributed by atoms with van der Waals surface area (Å²) in [6.45, 7) is 0.370. The Morgan fingerprint density at radius 3 is 2.58 bits per heavy atom. The summed E-state index contributed by atoms with van der Waals surface area (Å²) in [5, 5.41) is 17.7. The first-order chi connectivity index (χ1) is 18.7. The van der Waals surface area contributed by atoms with Crippen LogP contribution in [-0.4, -0.2) is 40.7 Å². The van der Waals surface area contributed by atoms with Crippen LogP contribution in [0.1, 0.15) is 40.3 Å². The summed E-state index contributed by atoms with van der Waals surface area (Å²) < 4.78 is 1.75. The topological polar surface area (TPSA) is 111 Å². The van der Waals surface area contributed by atoms with Crippen LogP contribution in [0.4, 0.5) is 0 Å². The second-order valence-corrected chi connectivity index (χ2v) is 9.45. The van der Waals surface area contributed by atoms with Gasteiger partial charge in [0.2, 0.25) is 0 Å². The van der Waals surface area contributed by atoms with E-state index in [-0.39, 0.29) is 11.3 Å². The molecule has 0 atom stereocenters. The fourth-order valence-corrected chi connectivity index (χ4v) is 4.83. The van der Waals surface area contributed by atoms with E-state index in [4.69, 9.17) is 5.10 Å². The van der Waals surface area contributed by atoms with Crippen molar-refractivity contribution < 1.29 is 4.79 Å². The number of fused-ring (bicyclic) bond motifs is 2. The third-order valence-electron chi connectivity index (χ3n) is 7.07. The number of amides is 1. The molecule has 4 heterocycles. The van der Waals surface area contributed by atoms with Gasteiger partial charge in [0.15, 0.2) is 5.82 Å². The van der Waals surface area contributed by atoms with Crippen LogP contribution in [0.15, 0.2) is 91.4 Å². The number of benzene rings is 2. The number of hydrogen-bond acceptors (Lipinski definition) is 7. The molecule has 0 saturated heterocycles. The molecule has 4 aromatic heterocycles. The SMILES string of the molecule is O=C(NCc1ccccn1)c1ccc(-c2cnc3nnc(C4(c5ccc6ncccc6c5)CC4)n3n2)cc1.